The zero-order valence-corrected chi connectivity index (χ0v) is 19.3. The number of benzene rings is 2. The third kappa shape index (κ3) is 9.90. The van der Waals surface area contributed by atoms with Crippen LogP contribution in [-0.2, 0) is 16.0 Å². The van der Waals surface area contributed by atoms with E-state index >= 15 is 0 Å². The van der Waals surface area contributed by atoms with Crippen molar-refractivity contribution in [1.29, 1.82) is 0 Å². The van der Waals surface area contributed by atoms with Crippen LogP contribution in [-0.4, -0.2) is 54.7 Å². The minimum Gasteiger partial charge on any atom is -0.497 e. The lowest BCUT2D eigenvalue weighted by molar-refractivity contribution is -0.142. The molecule has 3 amide bonds. The topological polar surface area (TPSA) is 194 Å². The fourth-order valence-electron chi connectivity index (χ4n) is 3.02. The fourth-order valence-corrected chi connectivity index (χ4v) is 3.02. The third-order valence-electron chi connectivity index (χ3n) is 4.79. The summed E-state index contributed by atoms with van der Waals surface area (Å²) in [6.07, 6.45) is 0.554. The number of aliphatic imine (C=N–C) groups is 1. The Morgan fingerprint density at radius 1 is 1.00 bits per heavy atom. The van der Waals surface area contributed by atoms with Gasteiger partial charge in [-0.2, -0.15) is 0 Å². The molecule has 35 heavy (non-hydrogen) atoms. The number of carboxylic acid groups (broad SMARTS) is 1. The molecule has 186 valence electrons. The van der Waals surface area contributed by atoms with E-state index in [0.29, 0.717) is 17.9 Å². The van der Waals surface area contributed by atoms with E-state index in [0.717, 1.165) is 5.56 Å². The molecule has 0 aliphatic carbocycles. The highest BCUT2D eigenvalue weighted by molar-refractivity contribution is 5.90. The summed E-state index contributed by atoms with van der Waals surface area (Å²) in [6.45, 7) is 0.220. The summed E-state index contributed by atoms with van der Waals surface area (Å²) in [5.41, 5.74) is 11.7. The van der Waals surface area contributed by atoms with Gasteiger partial charge < -0.3 is 31.9 Å². The first-order valence-electron chi connectivity index (χ1n) is 10.8. The Morgan fingerprint density at radius 2 is 1.69 bits per heavy atom. The molecule has 0 heterocycles. The molecule has 0 saturated heterocycles. The SMILES string of the molecule is COc1ccc(N=NC(=O)NC(Cc2ccccc2)C(=O)NC(CCCN=C(N)N)C(=O)O)cc1. The first kappa shape index (κ1) is 26.8. The first-order chi connectivity index (χ1) is 16.8. The number of methoxy groups -OCH3 is 1. The van der Waals surface area contributed by atoms with Crippen molar-refractivity contribution in [1.82, 2.24) is 10.6 Å². The van der Waals surface area contributed by atoms with Gasteiger partial charge in [0.05, 0.1) is 12.8 Å². The van der Waals surface area contributed by atoms with Crippen LogP contribution >= 0.6 is 0 Å². The molecule has 0 bridgehead atoms. The van der Waals surface area contributed by atoms with Crippen LogP contribution in [0.1, 0.15) is 18.4 Å². The predicted molar refractivity (Wildman–Crippen MR) is 129 cm³/mol. The molecule has 2 aromatic rings. The third-order valence-corrected chi connectivity index (χ3v) is 4.79. The van der Waals surface area contributed by atoms with Gasteiger partial charge in [-0.15, -0.1) is 5.11 Å². The lowest BCUT2D eigenvalue weighted by Gasteiger charge is -2.20. The van der Waals surface area contributed by atoms with E-state index < -0.39 is 30.0 Å². The van der Waals surface area contributed by atoms with Crippen LogP contribution < -0.4 is 26.8 Å². The highest BCUT2D eigenvalue weighted by Crippen LogP contribution is 2.18. The Hall–Kier alpha value is -4.48. The van der Waals surface area contributed by atoms with Crippen molar-refractivity contribution in [2.75, 3.05) is 13.7 Å². The maximum absolute atomic E-state index is 12.9. The summed E-state index contributed by atoms with van der Waals surface area (Å²) in [5, 5.41) is 21.9. The second kappa shape index (κ2) is 13.9. The second-order valence-electron chi connectivity index (χ2n) is 7.44. The van der Waals surface area contributed by atoms with Gasteiger partial charge in [-0.05, 0) is 42.7 Å². The molecule has 0 fully saturated rings. The first-order valence-corrected chi connectivity index (χ1v) is 10.8. The number of amides is 3. The van der Waals surface area contributed by atoms with Crippen LogP contribution in [0.2, 0.25) is 0 Å². The molecule has 2 unspecified atom stereocenters. The van der Waals surface area contributed by atoms with Crippen LogP contribution in [0, 0.1) is 0 Å². The number of guanidine groups is 1. The molecule has 0 aliphatic rings. The van der Waals surface area contributed by atoms with Gasteiger partial charge in [0.25, 0.3) is 0 Å². The minimum atomic E-state index is -1.22. The molecule has 7 N–H and O–H groups in total. The number of nitrogens with one attached hydrogen (secondary N) is 2. The van der Waals surface area contributed by atoms with Crippen molar-refractivity contribution in [2.45, 2.75) is 31.3 Å². The van der Waals surface area contributed by atoms with Crippen LogP contribution in [0.4, 0.5) is 10.5 Å². The maximum atomic E-state index is 12.9. The van der Waals surface area contributed by atoms with Gasteiger partial charge >= 0.3 is 12.0 Å². The molecule has 0 spiro atoms. The number of carbonyl (C=O) groups excluding carboxylic acids is 2. The number of hydrogen-bond acceptors (Lipinski definition) is 6. The molecular formula is C23H29N7O5. The molecule has 2 rings (SSSR count). The van der Waals surface area contributed by atoms with E-state index in [1.165, 1.54) is 7.11 Å². The number of hydrogen-bond donors (Lipinski definition) is 5. The van der Waals surface area contributed by atoms with E-state index in [9.17, 15) is 19.5 Å². The number of urea groups is 1. The van der Waals surface area contributed by atoms with Crippen molar-refractivity contribution < 1.29 is 24.2 Å². The summed E-state index contributed by atoms with van der Waals surface area (Å²) in [5.74, 6) is -1.36. The number of aliphatic carboxylic acids is 1. The Morgan fingerprint density at radius 3 is 2.29 bits per heavy atom. The number of rotatable bonds is 12. The molecule has 12 nitrogen and oxygen atoms in total. The van der Waals surface area contributed by atoms with Crippen LogP contribution in [0.5, 0.6) is 5.75 Å². The minimum absolute atomic E-state index is 0.0982. The smallest absolute Gasteiger partial charge is 0.360 e. The van der Waals surface area contributed by atoms with E-state index in [-0.39, 0.29) is 25.3 Å². The number of ether oxygens (including phenoxy) is 1. The second-order valence-corrected chi connectivity index (χ2v) is 7.44. The highest BCUT2D eigenvalue weighted by atomic mass is 16.5. The zero-order chi connectivity index (χ0) is 25.6. The zero-order valence-electron chi connectivity index (χ0n) is 19.3. The highest BCUT2D eigenvalue weighted by Gasteiger charge is 2.26. The van der Waals surface area contributed by atoms with Crippen molar-refractivity contribution >= 4 is 29.6 Å². The summed E-state index contributed by atoms with van der Waals surface area (Å²) in [7, 11) is 1.53. The van der Waals surface area contributed by atoms with Gasteiger partial charge in [-0.25, -0.2) is 9.59 Å². The number of carbonyl (C=O) groups is 3. The summed E-state index contributed by atoms with van der Waals surface area (Å²) in [6, 6.07) is 12.4. The van der Waals surface area contributed by atoms with E-state index in [4.69, 9.17) is 16.2 Å². The van der Waals surface area contributed by atoms with Crippen molar-refractivity contribution in [3.8, 4) is 5.75 Å². The van der Waals surface area contributed by atoms with Gasteiger partial charge in [0.1, 0.15) is 17.8 Å². The van der Waals surface area contributed by atoms with Crippen LogP contribution in [0.15, 0.2) is 69.8 Å². The Kier molecular flexibility index (Phi) is 10.7. The number of azo groups is 1. The van der Waals surface area contributed by atoms with Gasteiger partial charge in [0.2, 0.25) is 5.91 Å². The van der Waals surface area contributed by atoms with Crippen LogP contribution in [0.25, 0.3) is 0 Å². The average molecular weight is 484 g/mol. The average Bonchev–Trinajstić information content (AvgIpc) is 2.84. The number of carboxylic acids is 1. The molecule has 0 aromatic heterocycles. The number of nitrogens with two attached hydrogens (primary N) is 2. The molecule has 0 saturated carbocycles. The monoisotopic (exact) mass is 483 g/mol. The normalized spacial score (nSPS) is 12.4. The molecule has 2 aromatic carbocycles. The predicted octanol–water partition coefficient (Wildman–Crippen LogP) is 1.72. The summed E-state index contributed by atoms with van der Waals surface area (Å²) in [4.78, 5) is 40.8. The van der Waals surface area contributed by atoms with E-state index in [1.54, 1.807) is 48.5 Å². The summed E-state index contributed by atoms with van der Waals surface area (Å²) < 4.78 is 5.06. The maximum Gasteiger partial charge on any atom is 0.360 e. The molecule has 0 radical (unpaired) electrons. The molecular weight excluding hydrogens is 454 g/mol. The quantitative estimate of drug-likeness (QED) is 0.131. The fraction of sp³-hybridized carbons (Fsp3) is 0.304. The van der Waals surface area contributed by atoms with E-state index in [2.05, 4.69) is 25.9 Å². The van der Waals surface area contributed by atoms with Crippen molar-refractivity contribution in [3.05, 3.63) is 60.2 Å². The van der Waals surface area contributed by atoms with Gasteiger partial charge in [0.15, 0.2) is 5.96 Å². The van der Waals surface area contributed by atoms with E-state index in [1.807, 2.05) is 6.07 Å². The van der Waals surface area contributed by atoms with Gasteiger partial charge in [-0.1, -0.05) is 35.4 Å². The largest absolute Gasteiger partial charge is 0.497 e. The molecule has 2 atom stereocenters. The van der Waals surface area contributed by atoms with Gasteiger partial charge in [0, 0.05) is 13.0 Å². The molecule has 0 aliphatic heterocycles. The standard InChI is InChI=1S/C23H29N7O5/c1-35-17-11-9-16(10-12-17)29-30-23(34)28-19(14-15-6-3-2-4-7-15)20(31)27-18(21(32)33)8-5-13-26-22(24)25/h2-4,6-7,9-12,18-19H,5,8,13-14H2,1H3,(H,27,31)(H,28,34)(H,32,33)(H4,24,25,26). The lowest BCUT2D eigenvalue weighted by atomic mass is 10.0. The van der Waals surface area contributed by atoms with Crippen molar-refractivity contribution in [3.63, 3.8) is 0 Å². The number of nitrogens with zero attached hydrogens (tertiary/aromatic N) is 3. The molecule has 12 heteroatoms. The van der Waals surface area contributed by atoms with Crippen molar-refractivity contribution in [2.24, 2.45) is 26.7 Å². The van der Waals surface area contributed by atoms with Gasteiger partial charge in [-0.3, -0.25) is 9.79 Å². The Balaban J connectivity index is 2.08. The van der Waals surface area contributed by atoms with Crippen LogP contribution in [0.3, 0.4) is 0 Å². The Labute approximate surface area is 202 Å². The Bertz CT molecular complexity index is 1040. The lowest BCUT2D eigenvalue weighted by Crippen LogP contribution is -2.52. The summed E-state index contributed by atoms with van der Waals surface area (Å²) >= 11 is 0.